The molecule has 65 heavy (non-hydrogen) atoms. The van der Waals surface area contributed by atoms with Crippen LogP contribution in [0.5, 0.6) is 0 Å². The molecule has 10 heterocycles. The highest BCUT2D eigenvalue weighted by molar-refractivity contribution is 6.12. The Morgan fingerprint density at radius 1 is 0.508 bits per heavy atom. The molecule has 17 nitrogen and oxygen atoms in total. The SMILES string of the molecule is O=C(CCCN1C(=O)C=CC1=O)NCCNC(=O)c1cc2nc(c1)-c1cc(C(=O)O)cc(n1)C[N@]1Cc3cccc(n3)-c3cccc(n3)C[N@@](Cc3cccc(n3)-c3cccc(n3)C1)C2. The van der Waals surface area contributed by atoms with Crippen LogP contribution in [0, 0.1) is 0 Å². The summed E-state index contributed by atoms with van der Waals surface area (Å²) in [6.45, 7) is 2.27. The number of carbonyl (C=O) groups excluding carboxylic acids is 4. The summed E-state index contributed by atoms with van der Waals surface area (Å²) >= 11 is 0. The Balaban J connectivity index is 1.08. The Bertz CT molecular complexity index is 2770. The Kier molecular flexibility index (Phi) is 12.3. The predicted octanol–water partition coefficient (Wildman–Crippen LogP) is 4.34. The predicted molar refractivity (Wildman–Crippen MR) is 236 cm³/mol. The highest BCUT2D eigenvalue weighted by Crippen LogP contribution is 2.26. The van der Waals surface area contributed by atoms with Gasteiger partial charge in [0.15, 0.2) is 0 Å². The summed E-state index contributed by atoms with van der Waals surface area (Å²) in [4.78, 5) is 98.4. The van der Waals surface area contributed by atoms with Crippen LogP contribution in [-0.4, -0.2) is 98.9 Å². The molecule has 0 saturated heterocycles. The molecule has 0 spiro atoms. The number of nitrogens with zero attached hydrogens (tertiary/aromatic N) is 9. The fraction of sp³-hybridized carbons (Fsp3) is 0.229. The van der Waals surface area contributed by atoms with Gasteiger partial charge in [-0.25, -0.2) is 34.7 Å². The molecule has 6 aromatic rings. The first-order valence-electron chi connectivity index (χ1n) is 21.2. The van der Waals surface area contributed by atoms with E-state index < -0.39 is 23.7 Å². The molecule has 6 aromatic heterocycles. The molecule has 0 fully saturated rings. The summed E-state index contributed by atoms with van der Waals surface area (Å²) in [5.74, 6) is -2.67. The third-order valence-electron chi connectivity index (χ3n) is 11.0. The third-order valence-corrected chi connectivity index (χ3v) is 11.0. The highest BCUT2D eigenvalue weighted by atomic mass is 16.4. The van der Waals surface area contributed by atoms with Crippen LogP contribution >= 0.6 is 0 Å². The molecule has 10 rings (SSSR count). The van der Waals surface area contributed by atoms with E-state index in [1.165, 1.54) is 18.2 Å². The van der Waals surface area contributed by atoms with Crippen LogP contribution in [0.1, 0.15) is 67.7 Å². The number of nitrogens with one attached hydrogen (secondary N) is 2. The number of hydrogen-bond acceptors (Lipinski definition) is 13. The first kappa shape index (κ1) is 42.4. The van der Waals surface area contributed by atoms with Crippen LogP contribution in [0.3, 0.4) is 0 Å². The normalized spacial score (nSPS) is 16.5. The first-order valence-corrected chi connectivity index (χ1v) is 21.2. The number of carboxylic acids is 1. The minimum atomic E-state index is -1.14. The molecule has 0 aromatic carbocycles. The van der Waals surface area contributed by atoms with E-state index in [2.05, 4.69) is 20.4 Å². The van der Waals surface area contributed by atoms with Crippen LogP contribution in [0.4, 0.5) is 0 Å². The molecular formula is C48H43N11O6. The molecule has 0 atom stereocenters. The second kappa shape index (κ2) is 18.8. The lowest BCUT2D eigenvalue weighted by molar-refractivity contribution is -0.137. The average molecular weight is 870 g/mol. The molecule has 0 radical (unpaired) electrons. The van der Waals surface area contributed by atoms with Gasteiger partial charge in [0, 0.05) is 83.0 Å². The van der Waals surface area contributed by atoms with Crippen molar-refractivity contribution in [3.63, 3.8) is 0 Å². The van der Waals surface area contributed by atoms with Crippen molar-refractivity contribution in [1.29, 1.82) is 0 Å². The smallest absolute Gasteiger partial charge is 0.335 e. The van der Waals surface area contributed by atoms with Crippen LogP contribution in [0.25, 0.3) is 34.2 Å². The molecular weight excluding hydrogens is 827 g/mol. The molecule has 0 saturated carbocycles. The second-order valence-electron chi connectivity index (χ2n) is 16.0. The van der Waals surface area contributed by atoms with Gasteiger partial charge in [0.1, 0.15) is 0 Å². The van der Waals surface area contributed by atoms with Crippen LogP contribution in [0.2, 0.25) is 0 Å². The lowest BCUT2D eigenvalue weighted by Gasteiger charge is -2.24. The maximum absolute atomic E-state index is 14.0. The Labute approximate surface area is 373 Å². The van der Waals surface area contributed by atoms with Crippen molar-refractivity contribution >= 4 is 29.6 Å². The fourth-order valence-corrected chi connectivity index (χ4v) is 8.02. The van der Waals surface area contributed by atoms with Gasteiger partial charge in [-0.3, -0.25) is 33.9 Å². The number of aromatic carboxylic acids is 1. The van der Waals surface area contributed by atoms with Crippen molar-refractivity contribution < 1.29 is 29.1 Å². The quantitative estimate of drug-likeness (QED) is 0.136. The molecule has 0 aliphatic carbocycles. The number of hydrogen-bond donors (Lipinski definition) is 3. The Morgan fingerprint density at radius 3 is 1.37 bits per heavy atom. The van der Waals surface area contributed by atoms with Crippen LogP contribution in [0.15, 0.2) is 109 Å². The molecule has 4 amide bonds. The second-order valence-corrected chi connectivity index (χ2v) is 16.0. The zero-order chi connectivity index (χ0) is 44.9. The van der Waals surface area contributed by atoms with Crippen LogP contribution < -0.4 is 10.6 Å². The van der Waals surface area contributed by atoms with E-state index in [9.17, 15) is 29.1 Å². The number of pyridine rings is 6. The van der Waals surface area contributed by atoms with Gasteiger partial charge < -0.3 is 15.7 Å². The Morgan fingerprint density at radius 2 is 0.908 bits per heavy atom. The molecule has 0 unspecified atom stereocenters. The Hall–Kier alpha value is -7.89. The lowest BCUT2D eigenvalue weighted by atomic mass is 10.1. The summed E-state index contributed by atoms with van der Waals surface area (Å²) in [6.07, 6.45) is 2.80. The zero-order valence-corrected chi connectivity index (χ0v) is 35.2. The van der Waals surface area contributed by atoms with E-state index in [-0.39, 0.29) is 61.9 Å². The number of imide groups is 1. The number of carbonyl (C=O) groups is 5. The van der Waals surface area contributed by atoms with E-state index >= 15 is 0 Å². The monoisotopic (exact) mass is 869 g/mol. The molecule has 3 N–H and O–H groups in total. The van der Waals surface area contributed by atoms with Gasteiger partial charge in [0.25, 0.3) is 17.7 Å². The van der Waals surface area contributed by atoms with Gasteiger partial charge in [0.05, 0.1) is 73.9 Å². The molecule has 17 heteroatoms. The molecule has 326 valence electrons. The summed E-state index contributed by atoms with van der Waals surface area (Å²) < 4.78 is 0. The number of carboxylic acid groups (broad SMARTS) is 1. The summed E-state index contributed by atoms with van der Waals surface area (Å²) in [5.41, 5.74) is 7.72. The van der Waals surface area contributed by atoms with E-state index in [0.29, 0.717) is 72.5 Å². The van der Waals surface area contributed by atoms with Gasteiger partial charge in [-0.2, -0.15) is 0 Å². The van der Waals surface area contributed by atoms with Gasteiger partial charge in [0.2, 0.25) is 5.91 Å². The number of amides is 4. The molecule has 4 aliphatic heterocycles. The van der Waals surface area contributed by atoms with E-state index in [1.807, 2.05) is 72.8 Å². The summed E-state index contributed by atoms with van der Waals surface area (Å²) in [7, 11) is 0. The number of rotatable bonds is 9. The van der Waals surface area contributed by atoms with Gasteiger partial charge >= 0.3 is 5.97 Å². The van der Waals surface area contributed by atoms with E-state index in [0.717, 1.165) is 27.7 Å². The molecule has 14 bridgehead atoms. The first-order chi connectivity index (χ1) is 31.6. The summed E-state index contributed by atoms with van der Waals surface area (Å²) in [5, 5.41) is 16.0. The lowest BCUT2D eigenvalue weighted by Crippen LogP contribution is -2.35. The maximum Gasteiger partial charge on any atom is 0.335 e. The largest absolute Gasteiger partial charge is 0.478 e. The van der Waals surface area contributed by atoms with Crippen LogP contribution in [-0.2, 0) is 53.7 Å². The van der Waals surface area contributed by atoms with Gasteiger partial charge in [-0.05, 0) is 79.2 Å². The van der Waals surface area contributed by atoms with Gasteiger partial charge in [-0.15, -0.1) is 0 Å². The zero-order valence-electron chi connectivity index (χ0n) is 35.2. The topological polar surface area (TPSA) is 217 Å². The van der Waals surface area contributed by atoms with Crippen molar-refractivity contribution in [2.45, 2.75) is 52.1 Å². The van der Waals surface area contributed by atoms with Crippen molar-refractivity contribution in [2.75, 3.05) is 19.6 Å². The summed E-state index contributed by atoms with van der Waals surface area (Å²) in [6, 6.07) is 29.6. The fourth-order valence-electron chi connectivity index (χ4n) is 8.02. The average Bonchev–Trinajstić information content (AvgIpc) is 3.62. The van der Waals surface area contributed by atoms with Crippen molar-refractivity contribution in [1.82, 2.24) is 55.2 Å². The van der Waals surface area contributed by atoms with E-state index in [4.69, 9.17) is 29.9 Å². The van der Waals surface area contributed by atoms with Crippen molar-refractivity contribution in [2.24, 2.45) is 0 Å². The maximum atomic E-state index is 14.0. The standard InChI is InChI=1S/C48H43N11O6/c60-44(14-5-19-59-45(61)15-16-46(59)62)49-17-18-50-47(63)30-20-36-28-57-24-32-6-1-10-38(51-32)40-12-3-8-34(53-40)26-58(29-37-21-31(48(64)65)23-43(56-37)42(22-30)55-36)27-35-9-4-13-41(54-35)39-11-2-7-33(25-57)52-39/h1-4,6-13,15-16,20-23H,5,14,17-19,24-29H2,(H,49,60)(H,50,63)(H,64,65). The minimum absolute atomic E-state index is 0.00833. The minimum Gasteiger partial charge on any atom is -0.478 e. The van der Waals surface area contributed by atoms with Crippen molar-refractivity contribution in [3.05, 3.63) is 155 Å². The van der Waals surface area contributed by atoms with E-state index in [1.54, 1.807) is 18.2 Å². The number of aromatic nitrogens is 6. The highest BCUT2D eigenvalue weighted by Gasteiger charge is 2.24. The van der Waals surface area contributed by atoms with Crippen molar-refractivity contribution in [3.8, 4) is 34.2 Å². The molecule has 4 aliphatic rings. The van der Waals surface area contributed by atoms with Gasteiger partial charge in [-0.1, -0.05) is 24.3 Å². The third kappa shape index (κ3) is 10.3.